The van der Waals surface area contributed by atoms with E-state index in [0.29, 0.717) is 12.3 Å². The highest BCUT2D eigenvalue weighted by molar-refractivity contribution is 5.85. The molecule has 6 heteroatoms. The molecule has 0 aliphatic heterocycles. The number of ether oxygens (including phenoxy) is 1. The maximum atomic E-state index is 5.92. The minimum absolute atomic E-state index is 0.278. The monoisotopic (exact) mass is 284 g/mol. The normalized spacial score (nSPS) is 10.8. The summed E-state index contributed by atoms with van der Waals surface area (Å²) in [6, 6.07) is 7.65. The lowest BCUT2D eigenvalue weighted by molar-refractivity contribution is 0.340. The number of hydrogen-bond acceptors (Lipinski definition) is 5. The third kappa shape index (κ3) is 2.47. The number of benzene rings is 1. The molecule has 6 nitrogen and oxygen atoms in total. The van der Waals surface area contributed by atoms with E-state index in [-0.39, 0.29) is 5.88 Å². The van der Waals surface area contributed by atoms with E-state index in [9.17, 15) is 0 Å². The number of hydrogen-bond donors (Lipinski definition) is 1. The van der Waals surface area contributed by atoms with Crippen molar-refractivity contribution in [2.75, 3.05) is 12.3 Å². The van der Waals surface area contributed by atoms with Crippen molar-refractivity contribution in [3.05, 3.63) is 36.8 Å². The molecule has 0 aliphatic rings. The largest absolute Gasteiger partial charge is 0.494 e. The van der Waals surface area contributed by atoms with E-state index in [1.54, 1.807) is 6.33 Å². The summed E-state index contributed by atoms with van der Waals surface area (Å²) in [6.45, 7) is 2.58. The molecule has 0 radical (unpaired) electrons. The molecule has 2 N–H and O–H groups in total. The van der Waals surface area contributed by atoms with Crippen molar-refractivity contribution in [1.82, 2.24) is 14.7 Å². The maximum absolute atomic E-state index is 5.92. The second-order valence-electron chi connectivity index (χ2n) is 4.65. The minimum atomic E-state index is 0.278. The molecule has 0 saturated heterocycles. The van der Waals surface area contributed by atoms with Crippen LogP contribution in [0.5, 0.6) is 5.75 Å². The smallest absolute Gasteiger partial charge is 0.230 e. The van der Waals surface area contributed by atoms with Crippen molar-refractivity contribution in [1.29, 1.82) is 0 Å². The summed E-state index contributed by atoms with van der Waals surface area (Å²) in [5.41, 5.74) is 8.94. The van der Waals surface area contributed by atoms with Crippen molar-refractivity contribution in [2.24, 2.45) is 7.05 Å². The highest BCUT2D eigenvalue weighted by atomic mass is 16.5. The van der Waals surface area contributed by atoms with Crippen LogP contribution in [0.15, 0.2) is 41.3 Å². The molecule has 0 amide bonds. The van der Waals surface area contributed by atoms with E-state index >= 15 is 0 Å². The summed E-state index contributed by atoms with van der Waals surface area (Å²) >= 11 is 0. The molecule has 3 aromatic rings. The number of nitrogens with zero attached hydrogens (tertiary/aromatic N) is 3. The molecule has 0 saturated carbocycles. The molecule has 1 aromatic carbocycles. The van der Waals surface area contributed by atoms with E-state index in [2.05, 4.69) is 10.1 Å². The van der Waals surface area contributed by atoms with Crippen molar-refractivity contribution >= 4 is 5.88 Å². The molecule has 0 fully saturated rings. The van der Waals surface area contributed by atoms with Gasteiger partial charge in [-0.25, -0.2) is 4.98 Å². The first-order valence-electron chi connectivity index (χ1n) is 6.65. The van der Waals surface area contributed by atoms with E-state index in [1.807, 2.05) is 49.0 Å². The van der Waals surface area contributed by atoms with Crippen molar-refractivity contribution in [2.45, 2.75) is 6.92 Å². The topological polar surface area (TPSA) is 79.1 Å². The van der Waals surface area contributed by atoms with Crippen molar-refractivity contribution < 1.29 is 9.26 Å². The molecule has 21 heavy (non-hydrogen) atoms. The van der Waals surface area contributed by atoms with Crippen molar-refractivity contribution in [3.63, 3.8) is 0 Å². The van der Waals surface area contributed by atoms with Gasteiger partial charge in [-0.2, -0.15) is 0 Å². The van der Waals surface area contributed by atoms with Gasteiger partial charge < -0.3 is 19.6 Å². The Balaban J connectivity index is 2.04. The van der Waals surface area contributed by atoms with Gasteiger partial charge in [0.05, 0.1) is 18.5 Å². The summed E-state index contributed by atoms with van der Waals surface area (Å²) in [5, 5.41) is 4.03. The molecule has 2 heterocycles. The molecule has 0 atom stereocenters. The van der Waals surface area contributed by atoms with E-state index in [1.165, 1.54) is 0 Å². The SMILES string of the molecule is CCOc1ccc(-c2c(-c3cn(C)cn3)noc2N)cc1. The second kappa shape index (κ2) is 5.32. The van der Waals surface area contributed by atoms with Crippen LogP contribution in [0.25, 0.3) is 22.5 Å². The highest BCUT2D eigenvalue weighted by Gasteiger charge is 2.19. The number of anilines is 1. The lowest BCUT2D eigenvalue weighted by Crippen LogP contribution is -1.92. The molecular weight excluding hydrogens is 268 g/mol. The fourth-order valence-electron chi connectivity index (χ4n) is 2.18. The molecule has 0 bridgehead atoms. The minimum Gasteiger partial charge on any atom is -0.494 e. The van der Waals surface area contributed by atoms with E-state index < -0.39 is 0 Å². The molecule has 0 unspecified atom stereocenters. The fraction of sp³-hybridized carbons (Fsp3) is 0.200. The van der Waals surface area contributed by atoms with E-state index in [4.69, 9.17) is 15.0 Å². The number of imidazole rings is 1. The van der Waals surface area contributed by atoms with Gasteiger partial charge in [-0.05, 0) is 24.6 Å². The second-order valence-corrected chi connectivity index (χ2v) is 4.65. The van der Waals surface area contributed by atoms with Gasteiger partial charge in [-0.3, -0.25) is 0 Å². The number of nitrogens with two attached hydrogens (primary N) is 1. The zero-order chi connectivity index (χ0) is 14.8. The number of aromatic nitrogens is 3. The predicted octanol–water partition coefficient (Wildman–Crippen LogP) is 2.72. The van der Waals surface area contributed by atoms with E-state index in [0.717, 1.165) is 22.6 Å². The Labute approximate surface area is 122 Å². The molecule has 2 aromatic heterocycles. The van der Waals surface area contributed by atoms with Crippen LogP contribution in [-0.2, 0) is 7.05 Å². The number of nitrogen functional groups attached to an aromatic ring is 1. The average molecular weight is 284 g/mol. The number of aryl methyl sites for hydroxylation is 1. The Morgan fingerprint density at radius 3 is 2.67 bits per heavy atom. The van der Waals surface area contributed by atoms with Gasteiger partial charge in [0.1, 0.15) is 17.1 Å². The first-order valence-corrected chi connectivity index (χ1v) is 6.65. The first kappa shape index (κ1) is 13.2. The van der Waals surface area contributed by atoms with Crippen LogP contribution in [-0.4, -0.2) is 21.3 Å². The fourth-order valence-corrected chi connectivity index (χ4v) is 2.18. The van der Waals surface area contributed by atoms with Crippen LogP contribution in [0.1, 0.15) is 6.92 Å². The third-order valence-corrected chi connectivity index (χ3v) is 3.12. The summed E-state index contributed by atoms with van der Waals surface area (Å²) in [6.07, 6.45) is 3.58. The summed E-state index contributed by atoms with van der Waals surface area (Å²) < 4.78 is 12.4. The maximum Gasteiger partial charge on any atom is 0.230 e. The first-order chi connectivity index (χ1) is 10.2. The van der Waals surface area contributed by atoms with Gasteiger partial charge in [0.15, 0.2) is 0 Å². The molecule has 0 aliphatic carbocycles. The Hall–Kier alpha value is -2.76. The average Bonchev–Trinajstić information content (AvgIpc) is 3.06. The third-order valence-electron chi connectivity index (χ3n) is 3.12. The molecule has 3 rings (SSSR count). The van der Waals surface area contributed by atoms with Gasteiger partial charge in [-0.15, -0.1) is 0 Å². The van der Waals surface area contributed by atoms with Crippen molar-refractivity contribution in [3.8, 4) is 28.3 Å². The predicted molar refractivity (Wildman–Crippen MR) is 79.7 cm³/mol. The zero-order valence-electron chi connectivity index (χ0n) is 11.9. The molecule has 0 spiro atoms. The van der Waals surface area contributed by atoms with Gasteiger partial charge >= 0.3 is 0 Å². The van der Waals surface area contributed by atoms with Gasteiger partial charge in [0, 0.05) is 13.2 Å². The Bertz CT molecular complexity index is 743. The van der Waals surface area contributed by atoms with Crippen LogP contribution >= 0.6 is 0 Å². The number of rotatable bonds is 4. The Morgan fingerprint density at radius 2 is 2.05 bits per heavy atom. The van der Waals surface area contributed by atoms with Gasteiger partial charge in [0.25, 0.3) is 0 Å². The van der Waals surface area contributed by atoms with Crippen LogP contribution < -0.4 is 10.5 Å². The highest BCUT2D eigenvalue weighted by Crippen LogP contribution is 2.35. The Kier molecular flexibility index (Phi) is 3.35. The lowest BCUT2D eigenvalue weighted by Gasteiger charge is -2.05. The van der Waals surface area contributed by atoms with Crippen LogP contribution in [0.3, 0.4) is 0 Å². The summed E-state index contributed by atoms with van der Waals surface area (Å²) in [5.74, 6) is 1.09. The standard InChI is InChI=1S/C15H16N4O2/c1-3-20-11-6-4-10(5-7-11)13-14(18-21-15(13)16)12-8-19(2)9-17-12/h4-9H,3,16H2,1-2H3. The summed E-state index contributed by atoms with van der Waals surface area (Å²) in [7, 11) is 1.90. The van der Waals surface area contributed by atoms with Gasteiger partial charge in [0.2, 0.25) is 5.88 Å². The Morgan fingerprint density at radius 1 is 1.29 bits per heavy atom. The zero-order valence-corrected chi connectivity index (χ0v) is 11.9. The van der Waals surface area contributed by atoms with Crippen LogP contribution in [0, 0.1) is 0 Å². The van der Waals surface area contributed by atoms with Crippen LogP contribution in [0.2, 0.25) is 0 Å². The summed E-state index contributed by atoms with van der Waals surface area (Å²) in [4.78, 5) is 4.29. The van der Waals surface area contributed by atoms with Gasteiger partial charge in [-0.1, -0.05) is 17.3 Å². The molecule has 108 valence electrons. The molecular formula is C15H16N4O2. The van der Waals surface area contributed by atoms with Crippen LogP contribution in [0.4, 0.5) is 5.88 Å². The lowest BCUT2D eigenvalue weighted by atomic mass is 10.0. The quantitative estimate of drug-likeness (QED) is 0.796.